The molecule has 21 heavy (non-hydrogen) atoms. The SMILES string of the molecule is C=C(C)COC(=O)C(C)C(=O)c1cccc2ccccc12. The Balaban J connectivity index is 2.25. The van der Waals surface area contributed by atoms with Crippen LogP contribution in [-0.4, -0.2) is 18.4 Å². The lowest BCUT2D eigenvalue weighted by Crippen LogP contribution is -2.24. The van der Waals surface area contributed by atoms with Crippen molar-refractivity contribution >= 4 is 22.5 Å². The number of hydrogen-bond donors (Lipinski definition) is 0. The molecule has 0 N–H and O–H groups in total. The van der Waals surface area contributed by atoms with Crippen LogP contribution in [0.15, 0.2) is 54.6 Å². The largest absolute Gasteiger partial charge is 0.461 e. The number of fused-ring (bicyclic) bond motifs is 1. The molecular formula is C18H18O3. The normalized spacial score (nSPS) is 11.9. The maximum absolute atomic E-state index is 12.5. The first-order chi connectivity index (χ1) is 10.0. The molecule has 0 aromatic heterocycles. The molecule has 2 rings (SSSR count). The van der Waals surface area contributed by atoms with Crippen molar-refractivity contribution in [2.45, 2.75) is 13.8 Å². The van der Waals surface area contributed by atoms with Gasteiger partial charge in [-0.15, -0.1) is 0 Å². The second-order valence-corrected chi connectivity index (χ2v) is 5.18. The molecule has 0 radical (unpaired) electrons. The average molecular weight is 282 g/mol. The Bertz CT molecular complexity index is 695. The maximum Gasteiger partial charge on any atom is 0.316 e. The van der Waals surface area contributed by atoms with Crippen molar-refractivity contribution in [2.75, 3.05) is 6.61 Å². The quantitative estimate of drug-likeness (QED) is 0.363. The van der Waals surface area contributed by atoms with Crippen LogP contribution in [0.4, 0.5) is 0 Å². The zero-order valence-corrected chi connectivity index (χ0v) is 12.3. The first-order valence-electron chi connectivity index (χ1n) is 6.83. The van der Waals surface area contributed by atoms with Gasteiger partial charge in [0.05, 0.1) is 0 Å². The van der Waals surface area contributed by atoms with Crippen molar-refractivity contribution in [1.82, 2.24) is 0 Å². The topological polar surface area (TPSA) is 43.4 Å². The van der Waals surface area contributed by atoms with E-state index in [1.54, 1.807) is 19.9 Å². The van der Waals surface area contributed by atoms with Crippen LogP contribution in [0.3, 0.4) is 0 Å². The van der Waals surface area contributed by atoms with Gasteiger partial charge in [0.2, 0.25) is 0 Å². The third-order valence-electron chi connectivity index (χ3n) is 3.26. The number of rotatable bonds is 5. The number of Topliss-reactive ketones (excluding diaryl/α,β-unsaturated/α-hetero) is 1. The summed E-state index contributed by atoms with van der Waals surface area (Å²) in [5, 5.41) is 1.83. The Hall–Kier alpha value is -2.42. The minimum absolute atomic E-state index is 0.145. The van der Waals surface area contributed by atoms with E-state index < -0.39 is 11.9 Å². The highest BCUT2D eigenvalue weighted by Gasteiger charge is 2.25. The highest BCUT2D eigenvalue weighted by atomic mass is 16.5. The number of carbonyl (C=O) groups is 2. The molecule has 1 unspecified atom stereocenters. The van der Waals surface area contributed by atoms with Crippen LogP contribution in [-0.2, 0) is 9.53 Å². The predicted molar refractivity (Wildman–Crippen MR) is 83.2 cm³/mol. The number of hydrogen-bond acceptors (Lipinski definition) is 3. The van der Waals surface area contributed by atoms with E-state index in [9.17, 15) is 9.59 Å². The molecule has 0 saturated carbocycles. The van der Waals surface area contributed by atoms with E-state index >= 15 is 0 Å². The molecule has 3 heteroatoms. The minimum atomic E-state index is -0.824. The van der Waals surface area contributed by atoms with Crippen molar-refractivity contribution in [3.63, 3.8) is 0 Å². The van der Waals surface area contributed by atoms with Gasteiger partial charge in [-0.1, -0.05) is 49.0 Å². The van der Waals surface area contributed by atoms with E-state index in [2.05, 4.69) is 6.58 Å². The summed E-state index contributed by atoms with van der Waals surface area (Å²) in [5.41, 5.74) is 1.29. The van der Waals surface area contributed by atoms with E-state index in [0.29, 0.717) is 5.56 Å². The highest BCUT2D eigenvalue weighted by molar-refractivity contribution is 6.15. The van der Waals surface area contributed by atoms with Crippen LogP contribution < -0.4 is 0 Å². The van der Waals surface area contributed by atoms with Crippen molar-refractivity contribution in [3.05, 3.63) is 60.2 Å². The molecule has 0 saturated heterocycles. The van der Waals surface area contributed by atoms with Crippen LogP contribution in [0.1, 0.15) is 24.2 Å². The summed E-state index contributed by atoms with van der Waals surface area (Å²) in [6.45, 7) is 7.16. The van der Waals surface area contributed by atoms with Gasteiger partial charge in [0.25, 0.3) is 0 Å². The zero-order chi connectivity index (χ0) is 15.4. The van der Waals surface area contributed by atoms with Gasteiger partial charge in [-0.05, 0) is 30.2 Å². The second kappa shape index (κ2) is 6.35. The van der Waals surface area contributed by atoms with Crippen LogP contribution in [0.2, 0.25) is 0 Å². The monoisotopic (exact) mass is 282 g/mol. The van der Waals surface area contributed by atoms with Gasteiger partial charge in [0.1, 0.15) is 12.5 Å². The van der Waals surface area contributed by atoms with E-state index in [4.69, 9.17) is 4.74 Å². The van der Waals surface area contributed by atoms with Crippen molar-refractivity contribution in [1.29, 1.82) is 0 Å². The fourth-order valence-electron chi connectivity index (χ4n) is 2.10. The van der Waals surface area contributed by atoms with E-state index in [1.165, 1.54) is 0 Å². The van der Waals surface area contributed by atoms with Crippen molar-refractivity contribution < 1.29 is 14.3 Å². The van der Waals surface area contributed by atoms with Gasteiger partial charge < -0.3 is 4.74 Å². The average Bonchev–Trinajstić information content (AvgIpc) is 2.50. The number of esters is 1. The predicted octanol–water partition coefficient (Wildman–Crippen LogP) is 3.78. The van der Waals surface area contributed by atoms with Gasteiger partial charge in [0.15, 0.2) is 5.78 Å². The molecule has 1 atom stereocenters. The fourth-order valence-corrected chi connectivity index (χ4v) is 2.10. The van der Waals surface area contributed by atoms with E-state index in [-0.39, 0.29) is 12.4 Å². The standard InChI is InChI=1S/C18H18O3/c1-12(2)11-21-18(20)13(3)17(19)16-10-6-8-14-7-4-5-9-15(14)16/h4-10,13H,1,11H2,2-3H3. The maximum atomic E-state index is 12.5. The smallest absolute Gasteiger partial charge is 0.316 e. The summed E-state index contributed by atoms with van der Waals surface area (Å²) in [6, 6.07) is 13.1. The third-order valence-corrected chi connectivity index (χ3v) is 3.26. The number of ketones is 1. The molecule has 0 heterocycles. The molecule has 0 spiro atoms. The van der Waals surface area contributed by atoms with Crippen LogP contribution >= 0.6 is 0 Å². The Morgan fingerprint density at radius 3 is 2.52 bits per heavy atom. The Labute approximate surface area is 124 Å². The number of ether oxygens (including phenoxy) is 1. The van der Waals surface area contributed by atoms with Crippen LogP contribution in [0.25, 0.3) is 10.8 Å². The number of carbonyl (C=O) groups excluding carboxylic acids is 2. The molecule has 0 aliphatic carbocycles. The first kappa shape index (κ1) is 15.0. The molecular weight excluding hydrogens is 264 g/mol. The molecule has 3 nitrogen and oxygen atoms in total. The van der Waals surface area contributed by atoms with Crippen LogP contribution in [0.5, 0.6) is 0 Å². The molecule has 0 amide bonds. The summed E-state index contributed by atoms with van der Waals surface area (Å²) < 4.78 is 5.06. The van der Waals surface area contributed by atoms with Gasteiger partial charge in [0, 0.05) is 5.56 Å². The summed E-state index contributed by atoms with van der Waals surface area (Å²) in [4.78, 5) is 24.4. The molecule has 2 aromatic carbocycles. The molecule has 2 aromatic rings. The van der Waals surface area contributed by atoms with E-state index in [0.717, 1.165) is 16.3 Å². The van der Waals surface area contributed by atoms with Gasteiger partial charge in [-0.3, -0.25) is 9.59 Å². The molecule has 0 aliphatic heterocycles. The zero-order valence-electron chi connectivity index (χ0n) is 12.3. The molecule has 0 bridgehead atoms. The molecule has 108 valence electrons. The summed E-state index contributed by atoms with van der Waals surface area (Å²) in [7, 11) is 0. The summed E-state index contributed by atoms with van der Waals surface area (Å²) in [6.07, 6.45) is 0. The van der Waals surface area contributed by atoms with Crippen molar-refractivity contribution in [2.24, 2.45) is 5.92 Å². The lowest BCUT2D eigenvalue weighted by atomic mass is 9.94. The minimum Gasteiger partial charge on any atom is -0.461 e. The highest BCUT2D eigenvalue weighted by Crippen LogP contribution is 2.21. The third kappa shape index (κ3) is 3.37. The second-order valence-electron chi connectivity index (χ2n) is 5.18. The summed E-state index contributed by atoms with van der Waals surface area (Å²) in [5.74, 6) is -1.57. The molecule has 0 fully saturated rings. The van der Waals surface area contributed by atoms with E-state index in [1.807, 2.05) is 36.4 Å². The lowest BCUT2D eigenvalue weighted by molar-refractivity contribution is -0.145. The Kier molecular flexibility index (Phi) is 4.53. The summed E-state index contributed by atoms with van der Waals surface area (Å²) >= 11 is 0. The number of benzene rings is 2. The van der Waals surface area contributed by atoms with Gasteiger partial charge >= 0.3 is 5.97 Å². The molecule has 0 aliphatic rings. The first-order valence-corrected chi connectivity index (χ1v) is 6.83. The van der Waals surface area contributed by atoms with Crippen molar-refractivity contribution in [3.8, 4) is 0 Å². The Morgan fingerprint density at radius 1 is 1.14 bits per heavy atom. The van der Waals surface area contributed by atoms with Gasteiger partial charge in [-0.2, -0.15) is 0 Å². The van der Waals surface area contributed by atoms with Crippen LogP contribution in [0, 0.1) is 5.92 Å². The van der Waals surface area contributed by atoms with Gasteiger partial charge in [-0.25, -0.2) is 0 Å². The fraction of sp³-hybridized carbons (Fsp3) is 0.222. The Morgan fingerprint density at radius 2 is 1.81 bits per heavy atom. The lowest BCUT2D eigenvalue weighted by Gasteiger charge is -2.12.